The van der Waals surface area contributed by atoms with Gasteiger partial charge in [-0.25, -0.2) is 4.98 Å². The largest absolute Gasteiger partial charge is 0.439 e. The lowest BCUT2D eigenvalue weighted by Gasteiger charge is -2.64. The van der Waals surface area contributed by atoms with Crippen molar-refractivity contribution in [3.8, 4) is 0 Å². The number of nitrogens with zero attached hydrogens (tertiary/aromatic N) is 2. The first kappa shape index (κ1) is 23.6. The molecule has 196 valence electrons. The highest BCUT2D eigenvalue weighted by molar-refractivity contribution is 5.70. The van der Waals surface area contributed by atoms with Gasteiger partial charge in [0.1, 0.15) is 5.52 Å². The summed E-state index contributed by atoms with van der Waals surface area (Å²) in [7, 11) is 1.94. The van der Waals surface area contributed by atoms with Crippen LogP contribution in [0.15, 0.2) is 22.9 Å². The number of ether oxygens (including phenoxy) is 1. The second-order valence-corrected chi connectivity index (χ2v) is 13.3. The summed E-state index contributed by atoms with van der Waals surface area (Å²) in [6.45, 7) is 2.48. The number of hydrogen-bond donors (Lipinski definition) is 2. The Balaban J connectivity index is 1.14. The van der Waals surface area contributed by atoms with Crippen LogP contribution in [0.4, 0.5) is 0 Å². The van der Waals surface area contributed by atoms with Crippen molar-refractivity contribution in [3.63, 3.8) is 0 Å². The number of fused-ring (bicyclic) bond motifs is 5. The summed E-state index contributed by atoms with van der Waals surface area (Å²) in [6.07, 6.45) is 15.2. The Morgan fingerprint density at radius 1 is 1.06 bits per heavy atom. The van der Waals surface area contributed by atoms with Gasteiger partial charge >= 0.3 is 0 Å². The van der Waals surface area contributed by atoms with Crippen LogP contribution in [-0.2, 0) is 11.2 Å². The summed E-state index contributed by atoms with van der Waals surface area (Å²) in [6, 6.07) is 1.92. The van der Waals surface area contributed by atoms with Crippen LogP contribution in [0.1, 0.15) is 77.0 Å². The molecule has 7 rings (SSSR count). The number of hydrogen-bond acceptors (Lipinski definition) is 6. The monoisotopic (exact) mass is 494 g/mol. The minimum atomic E-state index is -0.232. The zero-order chi connectivity index (χ0) is 24.7. The van der Waals surface area contributed by atoms with Crippen LogP contribution in [0.25, 0.3) is 11.1 Å². The molecule has 0 amide bonds. The van der Waals surface area contributed by atoms with E-state index in [-0.39, 0.29) is 29.1 Å². The fraction of sp³-hybridized carbons (Fsp3) is 0.800. The first-order chi connectivity index (χ1) is 17.4. The summed E-state index contributed by atoms with van der Waals surface area (Å²) in [4.78, 5) is 8.86. The van der Waals surface area contributed by atoms with Crippen molar-refractivity contribution in [2.24, 2.45) is 46.3 Å². The molecule has 6 nitrogen and oxygen atoms in total. The molecule has 11 atom stereocenters. The molecule has 6 heteroatoms. The molecule has 2 heterocycles. The van der Waals surface area contributed by atoms with Gasteiger partial charge in [-0.15, -0.1) is 0 Å². The van der Waals surface area contributed by atoms with Crippen molar-refractivity contribution in [3.05, 3.63) is 24.4 Å². The Bertz CT molecular complexity index is 1090. The molecule has 2 aromatic heterocycles. The van der Waals surface area contributed by atoms with Crippen LogP contribution >= 0.6 is 0 Å². The smallest absolute Gasteiger partial charge is 0.195 e. The molecule has 2 aromatic rings. The average molecular weight is 495 g/mol. The predicted octanol–water partition coefficient (Wildman–Crippen LogP) is 5.16. The predicted molar refractivity (Wildman–Crippen MR) is 136 cm³/mol. The van der Waals surface area contributed by atoms with E-state index < -0.39 is 0 Å². The molecule has 36 heavy (non-hydrogen) atoms. The lowest BCUT2D eigenvalue weighted by molar-refractivity contribution is -0.211. The molecule has 0 aromatic carbocycles. The third-order valence-corrected chi connectivity index (χ3v) is 12.3. The zero-order valence-corrected chi connectivity index (χ0v) is 21.8. The maximum atomic E-state index is 11.6. The maximum absolute atomic E-state index is 11.6. The van der Waals surface area contributed by atoms with Gasteiger partial charge in [0.2, 0.25) is 0 Å². The fourth-order valence-corrected chi connectivity index (χ4v) is 10.8. The van der Waals surface area contributed by atoms with E-state index in [2.05, 4.69) is 11.9 Å². The SMILES string of the molecule is CO[C@H]1C[C@H]2[C@@H]([C@H](O)C[C@@H]3C[C@H](O)CC[C@@]32C)[C@@H]2CC[C@@H]3C(CCc4nc5ccncc5o4)CC[C@@]132. The summed E-state index contributed by atoms with van der Waals surface area (Å²) in [5, 5.41) is 22.0. The summed E-state index contributed by atoms with van der Waals surface area (Å²) < 4.78 is 12.4. The van der Waals surface area contributed by atoms with Gasteiger partial charge in [0.05, 0.1) is 24.5 Å². The topological polar surface area (TPSA) is 88.6 Å². The first-order valence-corrected chi connectivity index (χ1v) is 14.5. The van der Waals surface area contributed by atoms with Gasteiger partial charge in [-0.05, 0) is 111 Å². The van der Waals surface area contributed by atoms with E-state index in [9.17, 15) is 10.2 Å². The number of aliphatic hydroxyl groups is 2. The highest BCUT2D eigenvalue weighted by Crippen LogP contribution is 2.72. The molecule has 0 saturated heterocycles. The Morgan fingerprint density at radius 3 is 2.75 bits per heavy atom. The molecular formula is C30H42N2O4. The van der Waals surface area contributed by atoms with Crippen molar-refractivity contribution in [1.82, 2.24) is 9.97 Å². The Hall–Kier alpha value is -1.50. The highest BCUT2D eigenvalue weighted by Gasteiger charge is 2.69. The van der Waals surface area contributed by atoms with Crippen molar-refractivity contribution < 1.29 is 19.4 Å². The van der Waals surface area contributed by atoms with Crippen molar-refractivity contribution in [2.75, 3.05) is 7.11 Å². The number of aliphatic hydroxyl groups excluding tert-OH is 2. The van der Waals surface area contributed by atoms with Crippen LogP contribution in [-0.4, -0.2) is 45.6 Å². The minimum absolute atomic E-state index is 0.191. The number of oxazole rings is 1. The lowest BCUT2D eigenvalue weighted by atomic mass is 9.43. The van der Waals surface area contributed by atoms with E-state index in [1.165, 1.54) is 25.7 Å². The molecule has 5 fully saturated rings. The minimum Gasteiger partial charge on any atom is -0.439 e. The van der Waals surface area contributed by atoms with Crippen LogP contribution in [0.2, 0.25) is 0 Å². The fourth-order valence-electron chi connectivity index (χ4n) is 10.8. The number of aryl methyl sites for hydroxylation is 1. The first-order valence-electron chi connectivity index (χ1n) is 14.5. The molecule has 0 aliphatic heterocycles. The standard InChI is InChI=1S/C30H42N2O4/c1-29-10-8-19(33)13-18(29)14-24(34)28-21-5-4-20-17(7-11-30(20,21)26(35-2)15-22(28)29)3-6-27-32-23-9-12-31-16-25(23)36-27/h9,12,16-22,24,26,28,33-34H,3-8,10-11,13-15H2,1-2H3/t17?,18-,19+,20+,21-,22-,24+,26-,28-,29-,30+/m0/s1. The van der Waals surface area contributed by atoms with E-state index in [1.54, 1.807) is 12.4 Å². The van der Waals surface area contributed by atoms with Crippen molar-refractivity contribution in [2.45, 2.75) is 95.9 Å². The Morgan fingerprint density at radius 2 is 1.92 bits per heavy atom. The molecular weight excluding hydrogens is 452 g/mol. The van der Waals surface area contributed by atoms with Gasteiger partial charge in [0.25, 0.3) is 0 Å². The molecule has 1 unspecified atom stereocenters. The summed E-state index contributed by atoms with van der Waals surface area (Å²) >= 11 is 0. The van der Waals surface area contributed by atoms with Crippen molar-refractivity contribution in [1.29, 1.82) is 0 Å². The van der Waals surface area contributed by atoms with E-state index in [1.807, 2.05) is 13.2 Å². The number of aromatic nitrogens is 2. The molecule has 1 spiro atoms. The summed E-state index contributed by atoms with van der Waals surface area (Å²) in [5.41, 5.74) is 2.11. The van der Waals surface area contributed by atoms with Crippen LogP contribution in [0.3, 0.4) is 0 Å². The third-order valence-electron chi connectivity index (χ3n) is 12.3. The molecule has 2 N–H and O–H groups in total. The van der Waals surface area contributed by atoms with Gasteiger partial charge in [0, 0.05) is 25.1 Å². The van der Waals surface area contributed by atoms with E-state index >= 15 is 0 Å². The van der Waals surface area contributed by atoms with Gasteiger partial charge < -0.3 is 19.4 Å². The Labute approximate surface area is 214 Å². The van der Waals surface area contributed by atoms with Crippen LogP contribution in [0, 0.1) is 46.3 Å². The van der Waals surface area contributed by atoms with Crippen molar-refractivity contribution >= 4 is 11.1 Å². The maximum Gasteiger partial charge on any atom is 0.195 e. The van der Waals surface area contributed by atoms with Gasteiger partial charge in [0.15, 0.2) is 11.5 Å². The highest BCUT2D eigenvalue weighted by atomic mass is 16.5. The quantitative estimate of drug-likeness (QED) is 0.610. The number of methoxy groups -OCH3 is 1. The average Bonchev–Trinajstić information content (AvgIpc) is 3.55. The molecule has 5 aliphatic rings. The van der Waals surface area contributed by atoms with E-state index in [0.29, 0.717) is 35.5 Å². The molecule has 5 aliphatic carbocycles. The summed E-state index contributed by atoms with van der Waals surface area (Å²) in [5.74, 6) is 4.07. The van der Waals surface area contributed by atoms with Gasteiger partial charge in [-0.1, -0.05) is 6.92 Å². The second-order valence-electron chi connectivity index (χ2n) is 13.3. The third kappa shape index (κ3) is 3.26. The molecule has 0 radical (unpaired) electrons. The van der Waals surface area contributed by atoms with Gasteiger partial charge in [-0.3, -0.25) is 4.98 Å². The lowest BCUT2D eigenvalue weighted by Crippen LogP contribution is -2.62. The zero-order valence-electron chi connectivity index (χ0n) is 21.8. The molecule has 0 bridgehead atoms. The van der Waals surface area contributed by atoms with Crippen LogP contribution < -0.4 is 0 Å². The number of pyridine rings is 1. The second kappa shape index (κ2) is 8.51. The number of rotatable bonds is 4. The van der Waals surface area contributed by atoms with Gasteiger partial charge in [-0.2, -0.15) is 0 Å². The Kier molecular flexibility index (Phi) is 5.58. The van der Waals surface area contributed by atoms with E-state index in [0.717, 1.165) is 61.9 Å². The van der Waals surface area contributed by atoms with Crippen LogP contribution in [0.5, 0.6) is 0 Å². The van der Waals surface area contributed by atoms with E-state index in [4.69, 9.17) is 14.1 Å². The normalized spacial score (nSPS) is 47.8. The molecule has 5 saturated carbocycles.